The first kappa shape index (κ1) is 12.3. The van der Waals surface area contributed by atoms with Crippen LogP contribution in [0.1, 0.15) is 17.2 Å². The SMILES string of the molecule is Cc1ccc([C@H](N)C(F)F)cc1.Cl. The monoisotopic (exact) mass is 207 g/mol. The molecular formula is C9H12ClF2N. The summed E-state index contributed by atoms with van der Waals surface area (Å²) in [5.41, 5.74) is 6.76. The molecule has 1 rings (SSSR count). The van der Waals surface area contributed by atoms with E-state index in [0.717, 1.165) is 5.56 Å². The van der Waals surface area contributed by atoms with E-state index in [1.54, 1.807) is 24.3 Å². The Kier molecular flexibility index (Phi) is 4.88. The van der Waals surface area contributed by atoms with E-state index in [1.807, 2.05) is 6.92 Å². The molecule has 0 radical (unpaired) electrons. The molecule has 0 fully saturated rings. The van der Waals surface area contributed by atoms with Crippen molar-refractivity contribution in [2.24, 2.45) is 5.73 Å². The second-order valence-corrected chi connectivity index (χ2v) is 2.77. The van der Waals surface area contributed by atoms with Crippen LogP contribution in [0.2, 0.25) is 0 Å². The molecular weight excluding hydrogens is 196 g/mol. The minimum Gasteiger partial charge on any atom is -0.319 e. The van der Waals surface area contributed by atoms with E-state index in [2.05, 4.69) is 0 Å². The standard InChI is InChI=1S/C9H11F2N.ClH/c1-6-2-4-7(5-3-6)8(12)9(10)11;/h2-5,8-9H,12H2,1H3;1H/t8-;/m0./s1. The number of halogens is 3. The van der Waals surface area contributed by atoms with E-state index in [0.29, 0.717) is 5.56 Å². The molecule has 1 aromatic rings. The van der Waals surface area contributed by atoms with Gasteiger partial charge in [0.15, 0.2) is 0 Å². The summed E-state index contributed by atoms with van der Waals surface area (Å²) in [6.45, 7) is 1.90. The quantitative estimate of drug-likeness (QED) is 0.793. The fourth-order valence-corrected chi connectivity index (χ4v) is 0.934. The molecule has 0 aliphatic rings. The molecule has 2 N–H and O–H groups in total. The van der Waals surface area contributed by atoms with Gasteiger partial charge in [-0.25, -0.2) is 8.78 Å². The third kappa shape index (κ3) is 3.28. The summed E-state index contributed by atoms with van der Waals surface area (Å²) in [5.74, 6) is 0. The number of hydrogen-bond acceptors (Lipinski definition) is 1. The van der Waals surface area contributed by atoms with Crippen LogP contribution in [-0.4, -0.2) is 6.43 Å². The summed E-state index contributed by atoms with van der Waals surface area (Å²) >= 11 is 0. The van der Waals surface area contributed by atoms with Crippen LogP contribution in [0, 0.1) is 6.92 Å². The van der Waals surface area contributed by atoms with Crippen LogP contribution < -0.4 is 5.73 Å². The fraction of sp³-hybridized carbons (Fsp3) is 0.333. The molecule has 74 valence electrons. The molecule has 0 heterocycles. The second-order valence-electron chi connectivity index (χ2n) is 2.77. The minimum atomic E-state index is -2.49. The molecule has 0 saturated heterocycles. The third-order valence-corrected chi connectivity index (χ3v) is 1.73. The van der Waals surface area contributed by atoms with E-state index in [1.165, 1.54) is 0 Å². The van der Waals surface area contributed by atoms with Crippen molar-refractivity contribution < 1.29 is 8.78 Å². The molecule has 0 aliphatic heterocycles. The number of rotatable bonds is 2. The van der Waals surface area contributed by atoms with Gasteiger partial charge in [-0.1, -0.05) is 29.8 Å². The zero-order valence-corrected chi connectivity index (χ0v) is 8.02. The molecule has 1 nitrogen and oxygen atoms in total. The van der Waals surface area contributed by atoms with Gasteiger partial charge in [0.25, 0.3) is 6.43 Å². The van der Waals surface area contributed by atoms with E-state index in [-0.39, 0.29) is 12.4 Å². The molecule has 0 aliphatic carbocycles. The lowest BCUT2D eigenvalue weighted by Crippen LogP contribution is -2.18. The van der Waals surface area contributed by atoms with Crippen LogP contribution in [0.15, 0.2) is 24.3 Å². The second kappa shape index (κ2) is 5.14. The number of hydrogen-bond donors (Lipinski definition) is 1. The van der Waals surface area contributed by atoms with Crippen LogP contribution in [-0.2, 0) is 0 Å². The van der Waals surface area contributed by atoms with Gasteiger partial charge in [-0.3, -0.25) is 0 Å². The Labute approximate surface area is 82.4 Å². The zero-order chi connectivity index (χ0) is 9.14. The molecule has 0 amide bonds. The molecule has 0 saturated carbocycles. The number of alkyl halides is 2. The summed E-state index contributed by atoms with van der Waals surface area (Å²) in [6, 6.07) is 5.65. The van der Waals surface area contributed by atoms with Crippen LogP contribution in [0.5, 0.6) is 0 Å². The van der Waals surface area contributed by atoms with Gasteiger partial charge in [0.05, 0.1) is 6.04 Å². The molecule has 1 atom stereocenters. The van der Waals surface area contributed by atoms with Gasteiger partial charge >= 0.3 is 0 Å². The first-order valence-corrected chi connectivity index (χ1v) is 3.71. The Morgan fingerprint density at radius 3 is 2.00 bits per heavy atom. The Bertz CT molecular complexity index is 248. The number of nitrogens with two attached hydrogens (primary N) is 1. The van der Waals surface area contributed by atoms with Crippen molar-refractivity contribution in [2.45, 2.75) is 19.4 Å². The zero-order valence-electron chi connectivity index (χ0n) is 7.21. The Hall–Kier alpha value is -0.670. The first-order valence-electron chi connectivity index (χ1n) is 3.71. The summed E-state index contributed by atoms with van der Waals surface area (Å²) in [4.78, 5) is 0. The highest BCUT2D eigenvalue weighted by Gasteiger charge is 2.16. The Morgan fingerprint density at radius 2 is 1.62 bits per heavy atom. The molecule has 1 aromatic carbocycles. The first-order chi connectivity index (χ1) is 5.61. The number of aryl methyl sites for hydroxylation is 1. The van der Waals surface area contributed by atoms with Crippen molar-refractivity contribution in [2.75, 3.05) is 0 Å². The molecule has 13 heavy (non-hydrogen) atoms. The molecule has 0 spiro atoms. The highest BCUT2D eigenvalue weighted by atomic mass is 35.5. The van der Waals surface area contributed by atoms with Gasteiger partial charge in [0, 0.05) is 0 Å². The van der Waals surface area contributed by atoms with Crippen molar-refractivity contribution in [3.05, 3.63) is 35.4 Å². The average Bonchev–Trinajstić information content (AvgIpc) is 2.04. The summed E-state index contributed by atoms with van der Waals surface area (Å²) in [6.07, 6.45) is -2.49. The van der Waals surface area contributed by atoms with E-state index in [4.69, 9.17) is 5.73 Å². The highest BCUT2D eigenvalue weighted by molar-refractivity contribution is 5.85. The van der Waals surface area contributed by atoms with Gasteiger partial charge in [0.1, 0.15) is 0 Å². The molecule has 0 bridgehead atoms. The summed E-state index contributed by atoms with van der Waals surface area (Å²) < 4.78 is 24.2. The maximum absolute atomic E-state index is 12.1. The Balaban J connectivity index is 0.00000144. The normalized spacial score (nSPS) is 12.4. The predicted octanol–water partition coefficient (Wildman–Crippen LogP) is 2.68. The lowest BCUT2D eigenvalue weighted by atomic mass is 10.1. The van der Waals surface area contributed by atoms with E-state index >= 15 is 0 Å². The van der Waals surface area contributed by atoms with Crippen molar-refractivity contribution >= 4 is 12.4 Å². The Morgan fingerprint density at radius 1 is 1.15 bits per heavy atom. The van der Waals surface area contributed by atoms with Crippen molar-refractivity contribution in [1.29, 1.82) is 0 Å². The summed E-state index contributed by atoms with van der Waals surface area (Å²) in [5, 5.41) is 0. The smallest absolute Gasteiger partial charge is 0.257 e. The van der Waals surface area contributed by atoms with Crippen molar-refractivity contribution in [3.8, 4) is 0 Å². The molecule has 0 aromatic heterocycles. The maximum Gasteiger partial charge on any atom is 0.257 e. The van der Waals surface area contributed by atoms with E-state index in [9.17, 15) is 8.78 Å². The van der Waals surface area contributed by atoms with Gasteiger partial charge in [-0.05, 0) is 12.5 Å². The van der Waals surface area contributed by atoms with Crippen LogP contribution >= 0.6 is 12.4 Å². The molecule has 0 unspecified atom stereocenters. The number of benzene rings is 1. The largest absolute Gasteiger partial charge is 0.319 e. The van der Waals surface area contributed by atoms with Gasteiger partial charge in [-0.15, -0.1) is 12.4 Å². The van der Waals surface area contributed by atoms with Crippen molar-refractivity contribution in [3.63, 3.8) is 0 Å². The summed E-state index contributed by atoms with van der Waals surface area (Å²) in [7, 11) is 0. The lowest BCUT2D eigenvalue weighted by Gasteiger charge is -2.10. The minimum absolute atomic E-state index is 0. The van der Waals surface area contributed by atoms with Crippen LogP contribution in [0.3, 0.4) is 0 Å². The van der Waals surface area contributed by atoms with E-state index < -0.39 is 12.5 Å². The van der Waals surface area contributed by atoms with Crippen molar-refractivity contribution in [1.82, 2.24) is 0 Å². The predicted molar refractivity (Wildman–Crippen MR) is 51.4 cm³/mol. The van der Waals surface area contributed by atoms with Crippen LogP contribution in [0.25, 0.3) is 0 Å². The van der Waals surface area contributed by atoms with Crippen LogP contribution in [0.4, 0.5) is 8.78 Å². The molecule has 4 heteroatoms. The highest BCUT2D eigenvalue weighted by Crippen LogP contribution is 2.17. The lowest BCUT2D eigenvalue weighted by molar-refractivity contribution is 0.116. The van der Waals surface area contributed by atoms with Gasteiger partial charge < -0.3 is 5.73 Å². The third-order valence-electron chi connectivity index (χ3n) is 1.73. The topological polar surface area (TPSA) is 26.0 Å². The fourth-order valence-electron chi connectivity index (χ4n) is 0.934. The van der Waals surface area contributed by atoms with Gasteiger partial charge in [0.2, 0.25) is 0 Å². The maximum atomic E-state index is 12.1. The average molecular weight is 208 g/mol. The van der Waals surface area contributed by atoms with Gasteiger partial charge in [-0.2, -0.15) is 0 Å².